The van der Waals surface area contributed by atoms with Gasteiger partial charge in [0.15, 0.2) is 0 Å². The standard InChI is InChI=1S/C15H14O6/c1-19-13(16)8-11(15(18)20-2)10-7-14(17)21-12-6-4-3-5-9(10)12/h3-7,11H,8H2,1-2H3. The number of benzene rings is 1. The minimum absolute atomic E-state index is 0.212. The first-order valence-electron chi connectivity index (χ1n) is 6.24. The van der Waals surface area contributed by atoms with Crippen molar-refractivity contribution >= 4 is 22.9 Å². The zero-order valence-electron chi connectivity index (χ0n) is 11.6. The summed E-state index contributed by atoms with van der Waals surface area (Å²) in [5.41, 5.74) is 0.139. The molecule has 0 aliphatic heterocycles. The van der Waals surface area contributed by atoms with Gasteiger partial charge in [0.25, 0.3) is 0 Å². The molecule has 2 rings (SSSR count). The van der Waals surface area contributed by atoms with Crippen LogP contribution in [0.3, 0.4) is 0 Å². The van der Waals surface area contributed by atoms with E-state index in [-0.39, 0.29) is 6.42 Å². The normalized spacial score (nSPS) is 11.9. The zero-order chi connectivity index (χ0) is 15.4. The lowest BCUT2D eigenvalue weighted by molar-refractivity contribution is -0.149. The number of carbonyl (C=O) groups excluding carboxylic acids is 2. The largest absolute Gasteiger partial charge is 0.469 e. The Hall–Kier alpha value is -2.63. The van der Waals surface area contributed by atoms with E-state index >= 15 is 0 Å². The molecule has 1 unspecified atom stereocenters. The first kappa shape index (κ1) is 14.8. The van der Waals surface area contributed by atoms with Crippen molar-refractivity contribution < 1.29 is 23.5 Å². The Morgan fingerprint density at radius 3 is 2.57 bits per heavy atom. The Balaban J connectivity index is 2.61. The predicted molar refractivity (Wildman–Crippen MR) is 73.9 cm³/mol. The van der Waals surface area contributed by atoms with Crippen LogP contribution in [0.4, 0.5) is 0 Å². The topological polar surface area (TPSA) is 82.8 Å². The molecule has 0 saturated heterocycles. The summed E-state index contributed by atoms with van der Waals surface area (Å²) in [6.07, 6.45) is -0.212. The molecule has 0 bridgehead atoms. The van der Waals surface area contributed by atoms with E-state index in [4.69, 9.17) is 9.15 Å². The molecular weight excluding hydrogens is 276 g/mol. The molecule has 0 fully saturated rings. The van der Waals surface area contributed by atoms with Crippen LogP contribution in [0.25, 0.3) is 11.0 Å². The van der Waals surface area contributed by atoms with Gasteiger partial charge in [-0.1, -0.05) is 18.2 Å². The molecule has 6 nitrogen and oxygen atoms in total. The Bertz CT molecular complexity index is 730. The summed E-state index contributed by atoms with van der Waals surface area (Å²) in [7, 11) is 2.45. The maximum atomic E-state index is 12.0. The van der Waals surface area contributed by atoms with Crippen LogP contribution in [0, 0.1) is 0 Å². The number of hydrogen-bond donors (Lipinski definition) is 0. The van der Waals surface area contributed by atoms with Crippen LogP contribution in [0.2, 0.25) is 0 Å². The van der Waals surface area contributed by atoms with Gasteiger partial charge in [-0.05, 0) is 11.6 Å². The van der Waals surface area contributed by atoms with E-state index < -0.39 is 23.5 Å². The number of para-hydroxylation sites is 1. The quantitative estimate of drug-likeness (QED) is 0.628. The Labute approximate surface area is 120 Å². The lowest BCUT2D eigenvalue weighted by atomic mass is 9.93. The molecule has 0 N–H and O–H groups in total. The number of methoxy groups -OCH3 is 2. The van der Waals surface area contributed by atoms with Gasteiger partial charge >= 0.3 is 17.6 Å². The number of hydrogen-bond acceptors (Lipinski definition) is 6. The van der Waals surface area contributed by atoms with E-state index in [9.17, 15) is 14.4 Å². The molecule has 6 heteroatoms. The highest BCUT2D eigenvalue weighted by atomic mass is 16.5. The van der Waals surface area contributed by atoms with Gasteiger partial charge in [0.2, 0.25) is 0 Å². The predicted octanol–water partition coefficient (Wildman–Crippen LogP) is 1.61. The summed E-state index contributed by atoms with van der Waals surface area (Å²) in [6.45, 7) is 0. The van der Waals surface area contributed by atoms with Crippen LogP contribution < -0.4 is 5.63 Å². The van der Waals surface area contributed by atoms with Crippen molar-refractivity contribution in [2.45, 2.75) is 12.3 Å². The van der Waals surface area contributed by atoms with E-state index in [1.54, 1.807) is 24.3 Å². The highest BCUT2D eigenvalue weighted by Crippen LogP contribution is 2.28. The van der Waals surface area contributed by atoms with Crippen LogP contribution in [0.5, 0.6) is 0 Å². The second kappa shape index (κ2) is 6.21. The van der Waals surface area contributed by atoms with Crippen LogP contribution in [0.1, 0.15) is 17.9 Å². The van der Waals surface area contributed by atoms with Crippen molar-refractivity contribution in [3.63, 3.8) is 0 Å². The fourth-order valence-electron chi connectivity index (χ4n) is 2.14. The molecule has 1 aromatic heterocycles. The Morgan fingerprint density at radius 1 is 1.19 bits per heavy atom. The molecule has 2 aromatic rings. The minimum Gasteiger partial charge on any atom is -0.469 e. The van der Waals surface area contributed by atoms with E-state index in [1.807, 2.05) is 0 Å². The molecule has 1 aromatic carbocycles. The van der Waals surface area contributed by atoms with Gasteiger partial charge in [-0.25, -0.2) is 4.79 Å². The third-order valence-electron chi connectivity index (χ3n) is 3.14. The van der Waals surface area contributed by atoms with Gasteiger partial charge in [-0.2, -0.15) is 0 Å². The number of esters is 2. The second-order valence-corrected chi connectivity index (χ2v) is 4.37. The summed E-state index contributed by atoms with van der Waals surface area (Å²) < 4.78 is 14.4. The third kappa shape index (κ3) is 3.10. The average molecular weight is 290 g/mol. The molecule has 110 valence electrons. The Kier molecular flexibility index (Phi) is 4.37. The maximum absolute atomic E-state index is 12.0. The SMILES string of the molecule is COC(=O)CC(C(=O)OC)c1cc(=O)oc2ccccc12. The van der Waals surface area contributed by atoms with Crippen LogP contribution in [0.15, 0.2) is 39.5 Å². The summed E-state index contributed by atoms with van der Waals surface area (Å²) in [5, 5.41) is 0.580. The third-order valence-corrected chi connectivity index (χ3v) is 3.14. The van der Waals surface area contributed by atoms with Crippen LogP contribution in [-0.2, 0) is 19.1 Å². The van der Waals surface area contributed by atoms with Crippen molar-refractivity contribution in [3.05, 3.63) is 46.3 Å². The molecular formula is C15H14O6. The fraction of sp³-hybridized carbons (Fsp3) is 0.267. The van der Waals surface area contributed by atoms with Crippen molar-refractivity contribution in [1.82, 2.24) is 0 Å². The van der Waals surface area contributed by atoms with Gasteiger partial charge in [-0.3, -0.25) is 9.59 Å². The molecule has 1 atom stereocenters. The van der Waals surface area contributed by atoms with E-state index in [0.29, 0.717) is 16.5 Å². The van der Waals surface area contributed by atoms with Gasteiger partial charge in [0.1, 0.15) is 5.58 Å². The number of ether oxygens (including phenoxy) is 2. The van der Waals surface area contributed by atoms with Gasteiger partial charge in [0, 0.05) is 11.5 Å². The van der Waals surface area contributed by atoms with Crippen LogP contribution in [-0.4, -0.2) is 26.2 Å². The number of rotatable bonds is 4. The average Bonchev–Trinajstić information content (AvgIpc) is 2.50. The maximum Gasteiger partial charge on any atom is 0.336 e. The highest BCUT2D eigenvalue weighted by Gasteiger charge is 2.27. The lowest BCUT2D eigenvalue weighted by Gasteiger charge is -2.15. The molecule has 0 amide bonds. The summed E-state index contributed by atoms with van der Waals surface area (Å²) in [5.74, 6) is -2.10. The molecule has 21 heavy (non-hydrogen) atoms. The minimum atomic E-state index is -0.920. The van der Waals surface area contributed by atoms with Crippen molar-refractivity contribution in [1.29, 1.82) is 0 Å². The van der Waals surface area contributed by atoms with Gasteiger partial charge in [0.05, 0.1) is 26.6 Å². The van der Waals surface area contributed by atoms with E-state index in [1.165, 1.54) is 20.3 Å². The smallest absolute Gasteiger partial charge is 0.336 e. The molecule has 0 saturated carbocycles. The Morgan fingerprint density at radius 2 is 1.90 bits per heavy atom. The highest BCUT2D eigenvalue weighted by molar-refractivity contribution is 5.90. The van der Waals surface area contributed by atoms with Gasteiger partial charge in [-0.15, -0.1) is 0 Å². The van der Waals surface area contributed by atoms with E-state index in [0.717, 1.165) is 0 Å². The monoisotopic (exact) mass is 290 g/mol. The fourth-order valence-corrected chi connectivity index (χ4v) is 2.14. The lowest BCUT2D eigenvalue weighted by Crippen LogP contribution is -2.20. The van der Waals surface area contributed by atoms with Crippen molar-refractivity contribution in [3.8, 4) is 0 Å². The van der Waals surface area contributed by atoms with Gasteiger partial charge < -0.3 is 13.9 Å². The number of carbonyl (C=O) groups is 2. The summed E-state index contributed by atoms with van der Waals surface area (Å²) in [6, 6.07) is 7.99. The second-order valence-electron chi connectivity index (χ2n) is 4.37. The molecule has 0 aliphatic rings. The molecule has 0 aliphatic carbocycles. The molecule has 0 spiro atoms. The van der Waals surface area contributed by atoms with E-state index in [2.05, 4.69) is 4.74 Å². The first-order chi connectivity index (χ1) is 10.1. The van der Waals surface area contributed by atoms with Crippen LogP contribution >= 0.6 is 0 Å². The number of fused-ring (bicyclic) bond motifs is 1. The summed E-state index contributed by atoms with van der Waals surface area (Å²) in [4.78, 5) is 35.1. The van der Waals surface area contributed by atoms with Crippen molar-refractivity contribution in [2.75, 3.05) is 14.2 Å². The first-order valence-corrected chi connectivity index (χ1v) is 6.24. The summed E-state index contributed by atoms with van der Waals surface area (Å²) >= 11 is 0. The molecule has 1 heterocycles. The molecule has 0 radical (unpaired) electrons. The van der Waals surface area contributed by atoms with Crippen molar-refractivity contribution in [2.24, 2.45) is 0 Å². The zero-order valence-corrected chi connectivity index (χ0v) is 11.6.